The lowest BCUT2D eigenvalue weighted by molar-refractivity contribution is -0.120. The molecule has 0 aliphatic carbocycles. The molecule has 4 nitrogen and oxygen atoms in total. The highest BCUT2D eigenvalue weighted by molar-refractivity contribution is 6.45. The van der Waals surface area contributed by atoms with E-state index < -0.39 is 23.4 Å². The molecule has 0 N–H and O–H groups in total. The van der Waals surface area contributed by atoms with Gasteiger partial charge in [0.1, 0.15) is 17.3 Å². The second kappa shape index (κ2) is 6.86. The van der Waals surface area contributed by atoms with Crippen molar-refractivity contribution in [1.82, 2.24) is 4.90 Å². The van der Waals surface area contributed by atoms with Crippen LogP contribution in [0.25, 0.3) is 5.57 Å². The fourth-order valence-electron chi connectivity index (χ4n) is 3.79. The smallest absolute Gasteiger partial charge is 0.282 e. The lowest BCUT2D eigenvalue weighted by atomic mass is 9.99. The van der Waals surface area contributed by atoms with Crippen LogP contribution in [0.3, 0.4) is 0 Å². The van der Waals surface area contributed by atoms with E-state index in [1.165, 1.54) is 0 Å². The zero-order chi connectivity index (χ0) is 20.0. The summed E-state index contributed by atoms with van der Waals surface area (Å²) < 4.78 is 27.7. The van der Waals surface area contributed by atoms with Crippen LogP contribution in [0.4, 0.5) is 14.5 Å². The van der Waals surface area contributed by atoms with Gasteiger partial charge in [-0.15, -0.1) is 0 Å². The highest BCUT2D eigenvalue weighted by Crippen LogP contribution is 2.37. The van der Waals surface area contributed by atoms with E-state index in [-0.39, 0.29) is 11.3 Å². The van der Waals surface area contributed by atoms with Crippen LogP contribution in [-0.4, -0.2) is 29.8 Å². The molecule has 2 aromatic rings. The topological polar surface area (TPSA) is 40.6 Å². The number of aryl methyl sites for hydroxylation is 2. The molecule has 0 bridgehead atoms. The first kappa shape index (κ1) is 18.3. The number of hydrogen-bond donors (Lipinski definition) is 0. The molecular weight excluding hydrogens is 362 g/mol. The molecular formula is C22H20F2N2O2. The SMILES string of the molecule is Cc1ccc(C2=C(N3CCCC3)C(=O)N(c3ccc(F)cc3F)C2=O)cc1C. The molecule has 4 rings (SSSR count). The first-order valence-corrected chi connectivity index (χ1v) is 9.29. The second-order valence-electron chi connectivity index (χ2n) is 7.26. The number of imide groups is 1. The largest absolute Gasteiger partial charge is 0.366 e. The standard InChI is InChI=1S/C22H20F2N2O2/c1-13-5-6-15(11-14(13)2)19-20(25-9-3-4-10-25)22(28)26(21(19)27)18-8-7-16(23)12-17(18)24/h5-8,11-12H,3-4,9-10H2,1-2H3. The maximum Gasteiger partial charge on any atom is 0.282 e. The summed E-state index contributed by atoms with van der Waals surface area (Å²) >= 11 is 0. The van der Waals surface area contributed by atoms with Crippen molar-refractivity contribution >= 4 is 23.1 Å². The van der Waals surface area contributed by atoms with Gasteiger partial charge in [0.25, 0.3) is 11.8 Å². The summed E-state index contributed by atoms with van der Waals surface area (Å²) in [6, 6.07) is 8.44. The number of anilines is 1. The molecule has 2 aliphatic rings. The molecule has 0 unspecified atom stereocenters. The third kappa shape index (κ3) is 2.89. The van der Waals surface area contributed by atoms with E-state index in [4.69, 9.17) is 0 Å². The summed E-state index contributed by atoms with van der Waals surface area (Å²) in [6.45, 7) is 5.25. The van der Waals surface area contributed by atoms with Crippen LogP contribution >= 0.6 is 0 Å². The van der Waals surface area contributed by atoms with Gasteiger partial charge in [-0.2, -0.15) is 0 Å². The molecule has 144 valence electrons. The molecule has 1 saturated heterocycles. The van der Waals surface area contributed by atoms with Crippen LogP contribution in [0, 0.1) is 25.5 Å². The predicted octanol–water partition coefficient (Wildman–Crippen LogP) is 3.96. The van der Waals surface area contributed by atoms with E-state index in [0.717, 1.165) is 41.0 Å². The van der Waals surface area contributed by atoms with Crippen LogP contribution in [0.2, 0.25) is 0 Å². The number of likely N-dealkylation sites (tertiary alicyclic amines) is 1. The van der Waals surface area contributed by atoms with Crippen LogP contribution in [0.15, 0.2) is 42.1 Å². The minimum atomic E-state index is -0.941. The number of rotatable bonds is 3. The van der Waals surface area contributed by atoms with E-state index in [1.807, 2.05) is 36.9 Å². The average molecular weight is 382 g/mol. The van der Waals surface area contributed by atoms with Crippen molar-refractivity contribution in [2.24, 2.45) is 0 Å². The molecule has 2 amide bonds. The molecule has 1 fully saturated rings. The number of amides is 2. The Bertz CT molecular complexity index is 1020. The van der Waals surface area contributed by atoms with Gasteiger partial charge in [-0.05, 0) is 55.5 Å². The first-order valence-electron chi connectivity index (χ1n) is 9.29. The lowest BCUT2D eigenvalue weighted by Gasteiger charge is -2.20. The van der Waals surface area contributed by atoms with Gasteiger partial charge in [-0.25, -0.2) is 13.7 Å². The van der Waals surface area contributed by atoms with Crippen molar-refractivity contribution in [3.05, 3.63) is 70.4 Å². The van der Waals surface area contributed by atoms with Crippen molar-refractivity contribution in [1.29, 1.82) is 0 Å². The maximum absolute atomic E-state index is 14.4. The third-order valence-electron chi connectivity index (χ3n) is 5.43. The van der Waals surface area contributed by atoms with Crippen molar-refractivity contribution in [3.63, 3.8) is 0 Å². The normalized spacial score (nSPS) is 17.3. The summed E-state index contributed by atoms with van der Waals surface area (Å²) in [6.07, 6.45) is 1.85. The minimum absolute atomic E-state index is 0.230. The van der Waals surface area contributed by atoms with Gasteiger partial charge in [0, 0.05) is 19.2 Å². The summed E-state index contributed by atoms with van der Waals surface area (Å²) in [4.78, 5) is 29.2. The van der Waals surface area contributed by atoms with Crippen LogP contribution < -0.4 is 4.90 Å². The van der Waals surface area contributed by atoms with E-state index in [1.54, 1.807) is 0 Å². The quantitative estimate of drug-likeness (QED) is 0.755. The Morgan fingerprint density at radius 3 is 2.21 bits per heavy atom. The average Bonchev–Trinajstić information content (AvgIpc) is 3.25. The molecule has 6 heteroatoms. The van der Waals surface area contributed by atoms with E-state index in [0.29, 0.717) is 30.4 Å². The third-order valence-corrected chi connectivity index (χ3v) is 5.43. The molecule has 2 aliphatic heterocycles. The second-order valence-corrected chi connectivity index (χ2v) is 7.26. The van der Waals surface area contributed by atoms with Gasteiger partial charge < -0.3 is 4.90 Å². The number of benzene rings is 2. The van der Waals surface area contributed by atoms with Crippen molar-refractivity contribution in [2.45, 2.75) is 26.7 Å². The molecule has 2 aromatic carbocycles. The van der Waals surface area contributed by atoms with E-state index in [2.05, 4.69) is 0 Å². The fourth-order valence-corrected chi connectivity index (χ4v) is 3.79. The Balaban J connectivity index is 1.87. The zero-order valence-corrected chi connectivity index (χ0v) is 15.8. The highest BCUT2D eigenvalue weighted by Gasteiger charge is 2.43. The Morgan fingerprint density at radius 2 is 1.57 bits per heavy atom. The van der Waals surface area contributed by atoms with Gasteiger partial charge in [0.05, 0.1) is 11.3 Å². The molecule has 0 aromatic heterocycles. The van der Waals surface area contributed by atoms with Crippen LogP contribution in [-0.2, 0) is 9.59 Å². The van der Waals surface area contributed by atoms with Gasteiger partial charge in [0.15, 0.2) is 0 Å². The summed E-state index contributed by atoms with van der Waals surface area (Å²) in [5.74, 6) is -2.85. The van der Waals surface area contributed by atoms with Gasteiger partial charge in [-0.1, -0.05) is 18.2 Å². The van der Waals surface area contributed by atoms with Crippen molar-refractivity contribution in [2.75, 3.05) is 18.0 Å². The lowest BCUT2D eigenvalue weighted by Crippen LogP contribution is -2.35. The monoisotopic (exact) mass is 382 g/mol. The first-order chi connectivity index (χ1) is 13.4. The van der Waals surface area contributed by atoms with E-state index in [9.17, 15) is 18.4 Å². The summed E-state index contributed by atoms with van der Waals surface area (Å²) in [7, 11) is 0. The number of carbonyl (C=O) groups is 2. The van der Waals surface area contributed by atoms with Gasteiger partial charge in [-0.3, -0.25) is 9.59 Å². The number of nitrogens with zero attached hydrogens (tertiary/aromatic N) is 2. The number of hydrogen-bond acceptors (Lipinski definition) is 3. The Kier molecular flexibility index (Phi) is 4.49. The zero-order valence-electron chi connectivity index (χ0n) is 15.8. The Labute approximate surface area is 162 Å². The van der Waals surface area contributed by atoms with Gasteiger partial charge >= 0.3 is 0 Å². The maximum atomic E-state index is 14.4. The predicted molar refractivity (Wildman–Crippen MR) is 102 cm³/mol. The molecule has 0 spiro atoms. The van der Waals surface area contributed by atoms with Crippen molar-refractivity contribution < 1.29 is 18.4 Å². The Morgan fingerprint density at radius 1 is 0.857 bits per heavy atom. The summed E-state index contributed by atoms with van der Waals surface area (Å²) in [5, 5.41) is 0. The Hall–Kier alpha value is -3.02. The molecule has 0 atom stereocenters. The van der Waals surface area contributed by atoms with Crippen molar-refractivity contribution in [3.8, 4) is 0 Å². The van der Waals surface area contributed by atoms with Gasteiger partial charge in [0.2, 0.25) is 0 Å². The summed E-state index contributed by atoms with van der Waals surface area (Å²) in [5.41, 5.74) is 3.05. The molecule has 0 radical (unpaired) electrons. The molecule has 0 saturated carbocycles. The fraction of sp³-hybridized carbons (Fsp3) is 0.273. The number of carbonyl (C=O) groups excluding carboxylic acids is 2. The van der Waals surface area contributed by atoms with Crippen LogP contribution in [0.1, 0.15) is 29.5 Å². The highest BCUT2D eigenvalue weighted by atomic mass is 19.1. The van der Waals surface area contributed by atoms with E-state index >= 15 is 0 Å². The molecule has 2 heterocycles. The number of halogens is 2. The minimum Gasteiger partial charge on any atom is -0.366 e. The van der Waals surface area contributed by atoms with Crippen LogP contribution in [0.5, 0.6) is 0 Å². The molecule has 28 heavy (non-hydrogen) atoms.